The van der Waals surface area contributed by atoms with Crippen LogP contribution in [0.4, 0.5) is 0 Å². The molecule has 0 aromatic heterocycles. The Kier molecular flexibility index (Phi) is 5.21. The molecular formula is C15H21NO3. The molecule has 1 aromatic rings. The molecule has 0 bridgehead atoms. The van der Waals surface area contributed by atoms with Gasteiger partial charge in [-0.3, -0.25) is 4.79 Å². The van der Waals surface area contributed by atoms with Crippen molar-refractivity contribution < 1.29 is 14.3 Å². The Bertz CT molecular complexity index is 414. The number of rotatable bonds is 6. The predicted molar refractivity (Wildman–Crippen MR) is 73.3 cm³/mol. The maximum absolute atomic E-state index is 11.6. The highest BCUT2D eigenvalue weighted by molar-refractivity contribution is 5.77. The summed E-state index contributed by atoms with van der Waals surface area (Å²) in [5.41, 5.74) is 1.12. The van der Waals surface area contributed by atoms with Crippen LogP contribution in [0.15, 0.2) is 24.3 Å². The summed E-state index contributed by atoms with van der Waals surface area (Å²) in [6.07, 6.45) is 3.44. The van der Waals surface area contributed by atoms with Crippen LogP contribution in [-0.4, -0.2) is 31.8 Å². The number of carbonyl (C=O) groups is 1. The van der Waals surface area contributed by atoms with Crippen molar-refractivity contribution in [1.82, 2.24) is 5.32 Å². The van der Waals surface area contributed by atoms with Crippen LogP contribution in [0.2, 0.25) is 0 Å². The molecule has 1 unspecified atom stereocenters. The molecule has 1 N–H and O–H groups in total. The third kappa shape index (κ3) is 4.91. The molecule has 104 valence electrons. The fourth-order valence-electron chi connectivity index (χ4n) is 2.15. The molecule has 1 aliphatic heterocycles. The van der Waals surface area contributed by atoms with Crippen molar-refractivity contribution in [2.24, 2.45) is 0 Å². The molecule has 0 aliphatic carbocycles. The van der Waals surface area contributed by atoms with Gasteiger partial charge in [0.05, 0.1) is 6.10 Å². The van der Waals surface area contributed by atoms with Crippen LogP contribution in [-0.2, 0) is 9.53 Å². The number of carbonyl (C=O) groups excluding carboxylic acids is 1. The van der Waals surface area contributed by atoms with E-state index in [4.69, 9.17) is 9.47 Å². The van der Waals surface area contributed by atoms with Gasteiger partial charge in [-0.05, 0) is 43.9 Å². The molecule has 0 spiro atoms. The lowest BCUT2D eigenvalue weighted by Gasteiger charge is -2.10. The zero-order valence-corrected chi connectivity index (χ0v) is 11.4. The Labute approximate surface area is 114 Å². The Hall–Kier alpha value is -1.55. The normalized spacial score (nSPS) is 18.3. The van der Waals surface area contributed by atoms with Crippen LogP contribution >= 0.6 is 0 Å². The van der Waals surface area contributed by atoms with Crippen LogP contribution in [0, 0.1) is 6.92 Å². The van der Waals surface area contributed by atoms with Gasteiger partial charge in [-0.25, -0.2) is 0 Å². The topological polar surface area (TPSA) is 47.6 Å². The quantitative estimate of drug-likeness (QED) is 0.854. The molecule has 4 nitrogen and oxygen atoms in total. The van der Waals surface area contributed by atoms with Crippen molar-refractivity contribution in [3.8, 4) is 5.75 Å². The molecule has 0 radical (unpaired) electrons. The molecule has 1 saturated heterocycles. The summed E-state index contributed by atoms with van der Waals surface area (Å²) in [5.74, 6) is 0.647. The molecule has 1 aromatic carbocycles. The van der Waals surface area contributed by atoms with E-state index in [2.05, 4.69) is 5.32 Å². The van der Waals surface area contributed by atoms with E-state index in [9.17, 15) is 4.79 Å². The second-order valence-corrected chi connectivity index (χ2v) is 4.88. The maximum Gasteiger partial charge on any atom is 0.257 e. The number of hydrogen-bond acceptors (Lipinski definition) is 3. The van der Waals surface area contributed by atoms with Gasteiger partial charge in [0.15, 0.2) is 6.61 Å². The third-order valence-electron chi connectivity index (χ3n) is 3.17. The molecule has 1 heterocycles. The maximum atomic E-state index is 11.6. The first-order chi connectivity index (χ1) is 9.24. The van der Waals surface area contributed by atoms with Gasteiger partial charge < -0.3 is 14.8 Å². The lowest BCUT2D eigenvalue weighted by atomic mass is 10.2. The molecule has 2 rings (SSSR count). The van der Waals surface area contributed by atoms with Crippen LogP contribution in [0.1, 0.15) is 24.8 Å². The fraction of sp³-hybridized carbons (Fsp3) is 0.533. The predicted octanol–water partition coefficient (Wildman–Crippen LogP) is 2.06. The van der Waals surface area contributed by atoms with E-state index in [1.165, 1.54) is 0 Å². The lowest BCUT2D eigenvalue weighted by molar-refractivity contribution is -0.123. The third-order valence-corrected chi connectivity index (χ3v) is 3.17. The summed E-state index contributed by atoms with van der Waals surface area (Å²) in [6.45, 7) is 3.57. The number of amides is 1. The molecule has 19 heavy (non-hydrogen) atoms. The number of ether oxygens (including phenoxy) is 2. The van der Waals surface area contributed by atoms with Crippen molar-refractivity contribution in [3.63, 3.8) is 0 Å². The summed E-state index contributed by atoms with van der Waals surface area (Å²) in [6, 6.07) is 7.68. The van der Waals surface area contributed by atoms with E-state index in [-0.39, 0.29) is 12.5 Å². The highest BCUT2D eigenvalue weighted by atomic mass is 16.5. The summed E-state index contributed by atoms with van der Waals surface area (Å²) < 4.78 is 10.9. The van der Waals surface area contributed by atoms with E-state index < -0.39 is 0 Å². The molecule has 1 aliphatic rings. The van der Waals surface area contributed by atoms with E-state index in [1.54, 1.807) is 0 Å². The SMILES string of the molecule is Cc1cccc(OCC(=O)NCCC2CCCO2)c1. The average Bonchev–Trinajstić information content (AvgIpc) is 2.90. The zero-order valence-electron chi connectivity index (χ0n) is 11.4. The van der Waals surface area contributed by atoms with Crippen molar-refractivity contribution in [2.75, 3.05) is 19.8 Å². The number of nitrogens with one attached hydrogen (secondary N) is 1. The first-order valence-electron chi connectivity index (χ1n) is 6.82. The van der Waals surface area contributed by atoms with Gasteiger partial charge in [0.1, 0.15) is 5.75 Å². The number of aryl methyl sites for hydroxylation is 1. The second kappa shape index (κ2) is 7.14. The minimum Gasteiger partial charge on any atom is -0.484 e. The van der Waals surface area contributed by atoms with Gasteiger partial charge in [0.25, 0.3) is 5.91 Å². The van der Waals surface area contributed by atoms with E-state index in [0.717, 1.165) is 37.2 Å². The van der Waals surface area contributed by atoms with Crippen molar-refractivity contribution in [3.05, 3.63) is 29.8 Å². The molecule has 1 fully saturated rings. The minimum absolute atomic E-state index is 0.0645. The van der Waals surface area contributed by atoms with Gasteiger partial charge in [-0.1, -0.05) is 12.1 Å². The van der Waals surface area contributed by atoms with E-state index in [0.29, 0.717) is 12.6 Å². The van der Waals surface area contributed by atoms with Gasteiger partial charge in [-0.15, -0.1) is 0 Å². The van der Waals surface area contributed by atoms with Crippen molar-refractivity contribution in [1.29, 1.82) is 0 Å². The standard InChI is InChI=1S/C15H21NO3/c1-12-4-2-5-14(10-12)19-11-15(17)16-8-7-13-6-3-9-18-13/h2,4-5,10,13H,3,6-9,11H2,1H3,(H,16,17). The minimum atomic E-state index is -0.0838. The van der Waals surface area contributed by atoms with Crippen molar-refractivity contribution >= 4 is 5.91 Å². The van der Waals surface area contributed by atoms with Crippen molar-refractivity contribution in [2.45, 2.75) is 32.3 Å². The first kappa shape index (κ1) is 13.9. The van der Waals surface area contributed by atoms with Crippen LogP contribution in [0.25, 0.3) is 0 Å². The summed E-state index contributed by atoms with van der Waals surface area (Å²) in [7, 11) is 0. The number of benzene rings is 1. The Morgan fingerprint density at radius 3 is 3.16 bits per heavy atom. The summed E-state index contributed by atoms with van der Waals surface area (Å²) >= 11 is 0. The van der Waals surface area contributed by atoms with Crippen LogP contribution < -0.4 is 10.1 Å². The van der Waals surface area contributed by atoms with Gasteiger partial charge in [0.2, 0.25) is 0 Å². The summed E-state index contributed by atoms with van der Waals surface area (Å²) in [4.78, 5) is 11.6. The monoisotopic (exact) mass is 263 g/mol. The second-order valence-electron chi connectivity index (χ2n) is 4.88. The Balaban J connectivity index is 1.61. The zero-order chi connectivity index (χ0) is 13.5. The lowest BCUT2D eigenvalue weighted by Crippen LogP contribution is -2.31. The molecular weight excluding hydrogens is 242 g/mol. The van der Waals surface area contributed by atoms with Crippen LogP contribution in [0.3, 0.4) is 0 Å². The van der Waals surface area contributed by atoms with Gasteiger partial charge in [-0.2, -0.15) is 0 Å². The van der Waals surface area contributed by atoms with Crippen LogP contribution in [0.5, 0.6) is 5.75 Å². The largest absolute Gasteiger partial charge is 0.484 e. The molecule has 1 atom stereocenters. The van der Waals surface area contributed by atoms with Gasteiger partial charge in [0, 0.05) is 13.2 Å². The fourth-order valence-corrected chi connectivity index (χ4v) is 2.15. The molecule has 4 heteroatoms. The molecule has 1 amide bonds. The van der Waals surface area contributed by atoms with E-state index in [1.807, 2.05) is 31.2 Å². The average molecular weight is 263 g/mol. The Morgan fingerprint density at radius 2 is 2.42 bits per heavy atom. The number of hydrogen-bond donors (Lipinski definition) is 1. The van der Waals surface area contributed by atoms with E-state index >= 15 is 0 Å². The Morgan fingerprint density at radius 1 is 1.53 bits per heavy atom. The summed E-state index contributed by atoms with van der Waals surface area (Å²) in [5, 5.41) is 2.85. The molecule has 0 saturated carbocycles. The highest BCUT2D eigenvalue weighted by Gasteiger charge is 2.15. The first-order valence-corrected chi connectivity index (χ1v) is 6.82. The smallest absolute Gasteiger partial charge is 0.257 e. The van der Waals surface area contributed by atoms with Gasteiger partial charge >= 0.3 is 0 Å². The highest BCUT2D eigenvalue weighted by Crippen LogP contribution is 2.14.